The van der Waals surface area contributed by atoms with Crippen molar-refractivity contribution in [3.63, 3.8) is 0 Å². The van der Waals surface area contributed by atoms with E-state index in [1.54, 1.807) is 31.2 Å². The largest absolute Gasteiger partial charge is 0.494 e. The first-order chi connectivity index (χ1) is 13.3. The molecule has 0 bridgehead atoms. The molecule has 0 unspecified atom stereocenters. The number of anilines is 1. The molecule has 2 rings (SSSR count). The van der Waals surface area contributed by atoms with Crippen molar-refractivity contribution >= 4 is 33.2 Å². The first kappa shape index (κ1) is 22.0. The summed E-state index contributed by atoms with van der Waals surface area (Å²) in [5, 5.41) is 3.32. The van der Waals surface area contributed by atoms with Crippen molar-refractivity contribution in [1.29, 1.82) is 0 Å². The number of carbonyl (C=O) groups excluding carboxylic acids is 1. The van der Waals surface area contributed by atoms with Crippen molar-refractivity contribution in [2.24, 2.45) is 0 Å². The summed E-state index contributed by atoms with van der Waals surface area (Å²) >= 11 is 5.90. The van der Waals surface area contributed by atoms with E-state index in [0.717, 1.165) is 21.9 Å². The molecule has 1 amide bonds. The Morgan fingerprint density at radius 3 is 2.43 bits per heavy atom. The Morgan fingerprint density at radius 2 is 1.86 bits per heavy atom. The maximum atomic E-state index is 12.8. The van der Waals surface area contributed by atoms with Crippen LogP contribution in [0.1, 0.15) is 25.8 Å². The Bertz CT molecular complexity index is 901. The number of amides is 1. The average molecular weight is 425 g/mol. The molecule has 0 radical (unpaired) electrons. The van der Waals surface area contributed by atoms with Crippen molar-refractivity contribution in [3.8, 4) is 5.75 Å². The minimum atomic E-state index is -3.67. The van der Waals surface area contributed by atoms with Crippen LogP contribution in [-0.2, 0) is 21.4 Å². The van der Waals surface area contributed by atoms with Gasteiger partial charge in [0.05, 0.1) is 18.6 Å². The van der Waals surface area contributed by atoms with Crippen LogP contribution in [0.4, 0.5) is 5.69 Å². The SMILES string of the molecule is CCOc1cccc(CNC(=O)[C@H](CC)N(c2ccc(Cl)cc2)S(C)(=O)=O)c1. The number of nitrogens with zero attached hydrogens (tertiary/aromatic N) is 1. The summed E-state index contributed by atoms with van der Waals surface area (Å²) in [5.41, 5.74) is 1.26. The summed E-state index contributed by atoms with van der Waals surface area (Å²) in [7, 11) is -3.67. The predicted octanol–water partition coefficient (Wildman–Crippen LogP) is 3.60. The van der Waals surface area contributed by atoms with E-state index in [0.29, 0.717) is 23.7 Å². The second kappa shape index (κ2) is 9.80. The molecule has 0 aliphatic heterocycles. The zero-order chi connectivity index (χ0) is 20.7. The Morgan fingerprint density at radius 1 is 1.18 bits per heavy atom. The highest BCUT2D eigenvalue weighted by Gasteiger charge is 2.31. The quantitative estimate of drug-likeness (QED) is 0.667. The summed E-state index contributed by atoms with van der Waals surface area (Å²) in [5.74, 6) is 0.352. The highest BCUT2D eigenvalue weighted by atomic mass is 35.5. The van der Waals surface area contributed by atoms with Gasteiger partial charge in [0.25, 0.3) is 0 Å². The lowest BCUT2D eigenvalue weighted by atomic mass is 10.1. The van der Waals surface area contributed by atoms with Gasteiger partial charge in [0.1, 0.15) is 11.8 Å². The molecule has 28 heavy (non-hydrogen) atoms. The molecule has 0 spiro atoms. The predicted molar refractivity (Wildman–Crippen MR) is 112 cm³/mol. The Hall–Kier alpha value is -2.25. The van der Waals surface area contributed by atoms with Gasteiger partial charge >= 0.3 is 0 Å². The summed E-state index contributed by atoms with van der Waals surface area (Å²) in [6.45, 7) is 4.50. The molecular weight excluding hydrogens is 400 g/mol. The van der Waals surface area contributed by atoms with Crippen molar-refractivity contribution < 1.29 is 17.9 Å². The van der Waals surface area contributed by atoms with Crippen LogP contribution in [0.2, 0.25) is 5.02 Å². The van der Waals surface area contributed by atoms with Gasteiger partial charge in [-0.1, -0.05) is 30.7 Å². The van der Waals surface area contributed by atoms with Crippen molar-refractivity contribution in [3.05, 3.63) is 59.1 Å². The fourth-order valence-corrected chi connectivity index (χ4v) is 4.20. The standard InChI is InChI=1S/C20H25ClN2O4S/c1-4-19(23(28(3,25)26)17-11-9-16(21)10-12-17)20(24)22-14-15-7-6-8-18(13-15)27-5-2/h6-13,19H,4-5,14H2,1-3H3,(H,22,24)/t19-/m0/s1. The third-order valence-electron chi connectivity index (χ3n) is 4.09. The monoisotopic (exact) mass is 424 g/mol. The zero-order valence-electron chi connectivity index (χ0n) is 16.2. The van der Waals surface area contributed by atoms with E-state index in [1.807, 2.05) is 31.2 Å². The van der Waals surface area contributed by atoms with Gasteiger partial charge in [0, 0.05) is 11.6 Å². The van der Waals surface area contributed by atoms with Crippen LogP contribution in [0.5, 0.6) is 5.75 Å². The Balaban J connectivity index is 2.19. The van der Waals surface area contributed by atoms with Crippen molar-refractivity contribution in [1.82, 2.24) is 5.32 Å². The van der Waals surface area contributed by atoms with Crippen LogP contribution in [-0.4, -0.2) is 33.2 Å². The number of sulfonamides is 1. The highest BCUT2D eigenvalue weighted by Crippen LogP contribution is 2.24. The number of carbonyl (C=O) groups is 1. The first-order valence-corrected chi connectivity index (χ1v) is 11.2. The molecular formula is C20H25ClN2O4S. The van der Waals surface area contributed by atoms with Crippen molar-refractivity contribution in [2.45, 2.75) is 32.9 Å². The molecule has 0 saturated carbocycles. The first-order valence-electron chi connectivity index (χ1n) is 9.00. The summed E-state index contributed by atoms with van der Waals surface area (Å²) in [6, 6.07) is 12.9. The lowest BCUT2D eigenvalue weighted by Gasteiger charge is -2.30. The van der Waals surface area contributed by atoms with Crippen LogP contribution in [0.15, 0.2) is 48.5 Å². The molecule has 0 saturated heterocycles. The number of nitrogens with one attached hydrogen (secondary N) is 1. The summed E-state index contributed by atoms with van der Waals surface area (Å²) < 4.78 is 31.4. The van der Waals surface area contributed by atoms with E-state index in [4.69, 9.17) is 16.3 Å². The van der Waals surface area contributed by atoms with Crippen LogP contribution in [0.25, 0.3) is 0 Å². The molecule has 2 aromatic carbocycles. The molecule has 6 nitrogen and oxygen atoms in total. The average Bonchev–Trinajstić information content (AvgIpc) is 2.65. The van der Waals surface area contributed by atoms with Crippen molar-refractivity contribution in [2.75, 3.05) is 17.2 Å². The second-order valence-corrected chi connectivity index (χ2v) is 8.55. The van der Waals surface area contributed by atoms with E-state index >= 15 is 0 Å². The van der Waals surface area contributed by atoms with Crippen LogP contribution >= 0.6 is 11.6 Å². The molecule has 8 heteroatoms. The maximum absolute atomic E-state index is 12.8. The van der Waals surface area contributed by atoms with Crippen LogP contribution in [0.3, 0.4) is 0 Å². The Kier molecular flexibility index (Phi) is 7.71. The lowest BCUT2D eigenvalue weighted by Crippen LogP contribution is -2.49. The number of ether oxygens (including phenoxy) is 1. The van der Waals surface area contributed by atoms with E-state index < -0.39 is 16.1 Å². The molecule has 0 aliphatic rings. The maximum Gasteiger partial charge on any atom is 0.244 e. The van der Waals surface area contributed by atoms with Crippen LogP contribution < -0.4 is 14.4 Å². The highest BCUT2D eigenvalue weighted by molar-refractivity contribution is 7.92. The molecule has 0 fully saturated rings. The minimum Gasteiger partial charge on any atom is -0.494 e. The molecule has 1 atom stereocenters. The Labute approximate surface area is 171 Å². The number of halogens is 1. The molecule has 0 aliphatic carbocycles. The summed E-state index contributed by atoms with van der Waals surface area (Å²) in [4.78, 5) is 12.8. The fourth-order valence-electron chi connectivity index (χ4n) is 2.87. The van der Waals surface area contributed by atoms with Gasteiger partial charge in [-0.2, -0.15) is 0 Å². The minimum absolute atomic E-state index is 0.272. The fraction of sp³-hybridized carbons (Fsp3) is 0.350. The van der Waals surface area contributed by atoms with Gasteiger partial charge in [0.2, 0.25) is 15.9 Å². The normalized spacial score (nSPS) is 12.3. The molecule has 152 valence electrons. The molecule has 0 heterocycles. The summed E-state index contributed by atoms with van der Waals surface area (Å²) in [6.07, 6.45) is 1.41. The third-order valence-corrected chi connectivity index (χ3v) is 5.52. The number of hydrogen-bond acceptors (Lipinski definition) is 4. The van der Waals surface area contributed by atoms with E-state index in [2.05, 4.69) is 5.32 Å². The van der Waals surface area contributed by atoms with Gasteiger partial charge in [-0.25, -0.2) is 8.42 Å². The second-order valence-electron chi connectivity index (χ2n) is 6.26. The zero-order valence-corrected chi connectivity index (χ0v) is 17.8. The number of rotatable bonds is 9. The van der Waals surface area contributed by atoms with Gasteiger partial charge < -0.3 is 10.1 Å². The number of hydrogen-bond donors (Lipinski definition) is 1. The smallest absolute Gasteiger partial charge is 0.244 e. The van der Waals surface area contributed by atoms with E-state index in [1.165, 1.54) is 0 Å². The topological polar surface area (TPSA) is 75.7 Å². The van der Waals surface area contributed by atoms with Gasteiger partial charge in [-0.15, -0.1) is 0 Å². The van der Waals surface area contributed by atoms with E-state index in [9.17, 15) is 13.2 Å². The molecule has 1 N–H and O–H groups in total. The number of benzene rings is 2. The third kappa shape index (κ3) is 5.87. The van der Waals surface area contributed by atoms with Gasteiger partial charge in [0.15, 0.2) is 0 Å². The molecule has 0 aromatic heterocycles. The lowest BCUT2D eigenvalue weighted by molar-refractivity contribution is -0.122. The molecule has 2 aromatic rings. The van der Waals surface area contributed by atoms with Gasteiger partial charge in [-0.05, 0) is 55.3 Å². The van der Waals surface area contributed by atoms with Gasteiger partial charge in [-0.3, -0.25) is 9.10 Å². The van der Waals surface area contributed by atoms with Crippen LogP contribution in [0, 0.1) is 0 Å². The van der Waals surface area contributed by atoms with E-state index in [-0.39, 0.29) is 12.5 Å².